The third kappa shape index (κ3) is 3.09. The van der Waals surface area contributed by atoms with Gasteiger partial charge in [-0.3, -0.25) is 4.79 Å². The quantitative estimate of drug-likeness (QED) is 0.722. The van der Waals surface area contributed by atoms with Crippen LogP contribution in [0.1, 0.15) is 19.7 Å². The standard InChI is InChI=1S/C8H13ClN4O2/c1-8(2,6(10)14)11-7-13-12-5(15-7)3-4-9/h3-4H2,1-2H3,(H2,10,14)(H,11,13). The molecule has 0 radical (unpaired) electrons. The van der Waals surface area contributed by atoms with E-state index in [9.17, 15) is 4.79 Å². The number of primary amides is 1. The molecule has 7 heteroatoms. The smallest absolute Gasteiger partial charge is 0.316 e. The molecule has 1 aromatic rings. The second kappa shape index (κ2) is 4.48. The van der Waals surface area contributed by atoms with E-state index in [0.29, 0.717) is 18.2 Å². The highest BCUT2D eigenvalue weighted by Crippen LogP contribution is 2.13. The molecule has 0 saturated carbocycles. The Labute approximate surface area is 92.2 Å². The molecular formula is C8H13ClN4O2. The van der Waals surface area contributed by atoms with Crippen LogP contribution in [0, 0.1) is 0 Å². The molecule has 1 amide bonds. The molecule has 0 spiro atoms. The van der Waals surface area contributed by atoms with Crippen molar-refractivity contribution in [2.24, 2.45) is 5.73 Å². The van der Waals surface area contributed by atoms with Gasteiger partial charge in [0.05, 0.1) is 0 Å². The van der Waals surface area contributed by atoms with Crippen molar-refractivity contribution >= 4 is 23.5 Å². The summed E-state index contributed by atoms with van der Waals surface area (Å²) in [4.78, 5) is 11.0. The monoisotopic (exact) mass is 232 g/mol. The minimum Gasteiger partial charge on any atom is -0.408 e. The molecule has 0 aliphatic carbocycles. The summed E-state index contributed by atoms with van der Waals surface area (Å²) in [6.45, 7) is 3.25. The molecular weight excluding hydrogens is 220 g/mol. The lowest BCUT2D eigenvalue weighted by molar-refractivity contribution is -0.121. The SMILES string of the molecule is CC(C)(Nc1nnc(CCCl)o1)C(N)=O. The van der Waals surface area contributed by atoms with E-state index in [1.165, 1.54) is 0 Å². The third-order valence-electron chi connectivity index (χ3n) is 1.81. The fourth-order valence-corrected chi connectivity index (χ4v) is 0.977. The highest BCUT2D eigenvalue weighted by molar-refractivity contribution is 6.17. The van der Waals surface area contributed by atoms with Crippen molar-refractivity contribution in [2.45, 2.75) is 25.8 Å². The van der Waals surface area contributed by atoms with Crippen LogP contribution in [0.25, 0.3) is 0 Å². The molecule has 0 fully saturated rings. The number of hydrogen-bond acceptors (Lipinski definition) is 5. The summed E-state index contributed by atoms with van der Waals surface area (Å²) < 4.78 is 5.18. The molecule has 0 aromatic carbocycles. The van der Waals surface area contributed by atoms with Crippen molar-refractivity contribution in [3.63, 3.8) is 0 Å². The van der Waals surface area contributed by atoms with E-state index in [4.69, 9.17) is 21.8 Å². The van der Waals surface area contributed by atoms with Crippen molar-refractivity contribution in [3.05, 3.63) is 5.89 Å². The molecule has 6 nitrogen and oxygen atoms in total. The minimum atomic E-state index is -0.926. The van der Waals surface area contributed by atoms with Gasteiger partial charge in [-0.15, -0.1) is 16.7 Å². The maximum Gasteiger partial charge on any atom is 0.316 e. The number of aromatic nitrogens is 2. The normalized spacial score (nSPS) is 11.4. The van der Waals surface area contributed by atoms with Crippen molar-refractivity contribution in [3.8, 4) is 0 Å². The first-order chi connectivity index (χ1) is 6.95. The molecule has 1 rings (SSSR count). The molecule has 0 saturated heterocycles. The third-order valence-corrected chi connectivity index (χ3v) is 2.00. The van der Waals surface area contributed by atoms with Crippen LogP contribution >= 0.6 is 11.6 Å². The zero-order chi connectivity index (χ0) is 11.5. The summed E-state index contributed by atoms with van der Waals surface area (Å²) >= 11 is 5.51. The number of nitrogens with two attached hydrogens (primary N) is 1. The number of aryl methyl sites for hydroxylation is 1. The van der Waals surface area contributed by atoms with Gasteiger partial charge in [-0.25, -0.2) is 0 Å². The summed E-state index contributed by atoms with van der Waals surface area (Å²) in [7, 11) is 0. The van der Waals surface area contributed by atoms with Gasteiger partial charge in [0.1, 0.15) is 5.54 Å². The van der Waals surface area contributed by atoms with E-state index in [2.05, 4.69) is 15.5 Å². The largest absolute Gasteiger partial charge is 0.408 e. The van der Waals surface area contributed by atoms with Crippen molar-refractivity contribution in [1.82, 2.24) is 10.2 Å². The molecule has 84 valence electrons. The van der Waals surface area contributed by atoms with Crippen LogP contribution in [0.5, 0.6) is 0 Å². The van der Waals surface area contributed by atoms with Crippen LogP contribution in [0.2, 0.25) is 0 Å². The molecule has 1 aromatic heterocycles. The van der Waals surface area contributed by atoms with Crippen LogP contribution in [0.15, 0.2) is 4.42 Å². The van der Waals surface area contributed by atoms with Gasteiger partial charge in [0.2, 0.25) is 11.8 Å². The Hall–Kier alpha value is -1.30. The molecule has 0 aliphatic rings. The van der Waals surface area contributed by atoms with Crippen LogP contribution < -0.4 is 11.1 Å². The number of nitrogens with one attached hydrogen (secondary N) is 1. The molecule has 3 N–H and O–H groups in total. The summed E-state index contributed by atoms with van der Waals surface area (Å²) in [5.41, 5.74) is 4.25. The maximum atomic E-state index is 11.0. The minimum absolute atomic E-state index is 0.166. The van der Waals surface area contributed by atoms with Crippen LogP contribution in [0.4, 0.5) is 6.01 Å². The Balaban J connectivity index is 2.68. The van der Waals surface area contributed by atoms with Crippen LogP contribution in [-0.2, 0) is 11.2 Å². The van der Waals surface area contributed by atoms with E-state index in [1.54, 1.807) is 13.8 Å². The predicted molar refractivity (Wildman–Crippen MR) is 55.6 cm³/mol. The average molecular weight is 233 g/mol. The number of carbonyl (C=O) groups excluding carboxylic acids is 1. The first-order valence-electron chi connectivity index (χ1n) is 4.42. The number of alkyl halides is 1. The average Bonchev–Trinajstić information content (AvgIpc) is 2.52. The first-order valence-corrected chi connectivity index (χ1v) is 4.95. The highest BCUT2D eigenvalue weighted by Gasteiger charge is 2.26. The number of rotatable bonds is 5. The zero-order valence-electron chi connectivity index (χ0n) is 8.58. The number of hydrogen-bond donors (Lipinski definition) is 2. The van der Waals surface area contributed by atoms with Crippen molar-refractivity contribution in [1.29, 1.82) is 0 Å². The van der Waals surface area contributed by atoms with Gasteiger partial charge in [-0.1, -0.05) is 5.10 Å². The number of anilines is 1. The van der Waals surface area contributed by atoms with Gasteiger partial charge in [-0.05, 0) is 13.8 Å². The lowest BCUT2D eigenvalue weighted by atomic mass is 10.1. The van der Waals surface area contributed by atoms with E-state index >= 15 is 0 Å². The van der Waals surface area contributed by atoms with Gasteiger partial charge < -0.3 is 15.5 Å². The molecule has 0 aliphatic heterocycles. The number of amides is 1. The topological polar surface area (TPSA) is 94.0 Å². The Bertz CT molecular complexity index is 350. The Morgan fingerprint density at radius 1 is 1.60 bits per heavy atom. The van der Waals surface area contributed by atoms with Gasteiger partial charge >= 0.3 is 6.01 Å². The molecule has 0 atom stereocenters. The number of halogens is 1. The van der Waals surface area contributed by atoms with E-state index < -0.39 is 11.4 Å². The van der Waals surface area contributed by atoms with Crippen LogP contribution in [0.3, 0.4) is 0 Å². The van der Waals surface area contributed by atoms with Gasteiger partial charge in [-0.2, -0.15) is 0 Å². The molecule has 1 heterocycles. The highest BCUT2D eigenvalue weighted by atomic mass is 35.5. The summed E-state index contributed by atoms with van der Waals surface area (Å²) in [5, 5.41) is 10.2. The maximum absolute atomic E-state index is 11.0. The summed E-state index contributed by atoms with van der Waals surface area (Å²) in [5.74, 6) is 0.327. The zero-order valence-corrected chi connectivity index (χ0v) is 9.34. The van der Waals surface area contributed by atoms with Crippen LogP contribution in [-0.4, -0.2) is 27.5 Å². The summed E-state index contributed by atoms with van der Waals surface area (Å²) in [6.07, 6.45) is 0.493. The molecule has 0 unspecified atom stereocenters. The predicted octanol–water partition coefficient (Wildman–Crippen LogP) is 0.527. The lowest BCUT2D eigenvalue weighted by Gasteiger charge is -2.20. The fraction of sp³-hybridized carbons (Fsp3) is 0.625. The van der Waals surface area contributed by atoms with Gasteiger partial charge in [0.25, 0.3) is 0 Å². The van der Waals surface area contributed by atoms with Crippen molar-refractivity contribution in [2.75, 3.05) is 11.2 Å². The second-order valence-electron chi connectivity index (χ2n) is 3.55. The number of carbonyl (C=O) groups is 1. The van der Waals surface area contributed by atoms with E-state index in [1.807, 2.05) is 0 Å². The van der Waals surface area contributed by atoms with Gasteiger partial charge in [0, 0.05) is 12.3 Å². The second-order valence-corrected chi connectivity index (χ2v) is 3.93. The van der Waals surface area contributed by atoms with Gasteiger partial charge in [0.15, 0.2) is 0 Å². The molecule has 0 bridgehead atoms. The Kier molecular flexibility index (Phi) is 3.52. The Morgan fingerprint density at radius 2 is 2.27 bits per heavy atom. The van der Waals surface area contributed by atoms with E-state index in [0.717, 1.165) is 0 Å². The van der Waals surface area contributed by atoms with Crippen molar-refractivity contribution < 1.29 is 9.21 Å². The first kappa shape index (κ1) is 11.8. The lowest BCUT2D eigenvalue weighted by Crippen LogP contribution is -2.45. The fourth-order valence-electron chi connectivity index (χ4n) is 0.815. The van der Waals surface area contributed by atoms with E-state index in [-0.39, 0.29) is 6.01 Å². The molecule has 15 heavy (non-hydrogen) atoms. The summed E-state index contributed by atoms with van der Waals surface area (Å²) in [6, 6.07) is 0.166. The number of nitrogens with zero attached hydrogens (tertiary/aromatic N) is 2. The Morgan fingerprint density at radius 3 is 2.80 bits per heavy atom.